The Balaban J connectivity index is 2.39. The Labute approximate surface area is 84.4 Å². The molecule has 0 radical (unpaired) electrons. The van der Waals surface area contributed by atoms with Gasteiger partial charge in [0.1, 0.15) is 5.54 Å². The van der Waals surface area contributed by atoms with Crippen molar-refractivity contribution in [1.29, 1.82) is 0 Å². The molecule has 1 rings (SSSR count). The SMILES string of the molecule is CCOP(S)NC1(C(=O)OC)CC1. The molecule has 1 aliphatic carbocycles. The zero-order chi connectivity index (χ0) is 9.90. The van der Waals surface area contributed by atoms with Crippen LogP contribution in [0.5, 0.6) is 0 Å². The van der Waals surface area contributed by atoms with Crippen LogP contribution in [0.4, 0.5) is 0 Å². The van der Waals surface area contributed by atoms with Gasteiger partial charge in [0.2, 0.25) is 0 Å². The van der Waals surface area contributed by atoms with E-state index in [-0.39, 0.29) is 5.97 Å². The zero-order valence-electron chi connectivity index (χ0n) is 7.74. The van der Waals surface area contributed by atoms with Crippen molar-refractivity contribution < 1.29 is 14.1 Å². The average molecular weight is 223 g/mol. The molecular formula is C7H14NO3PS. The van der Waals surface area contributed by atoms with Crippen molar-refractivity contribution >= 4 is 25.7 Å². The van der Waals surface area contributed by atoms with Crippen molar-refractivity contribution in [3.8, 4) is 0 Å². The third kappa shape index (κ3) is 2.81. The lowest BCUT2D eigenvalue weighted by Crippen LogP contribution is -2.36. The molecular weight excluding hydrogens is 209 g/mol. The van der Waals surface area contributed by atoms with Crippen molar-refractivity contribution in [3.63, 3.8) is 0 Å². The van der Waals surface area contributed by atoms with Gasteiger partial charge in [0.15, 0.2) is 7.50 Å². The van der Waals surface area contributed by atoms with Crippen molar-refractivity contribution in [2.45, 2.75) is 25.3 Å². The first-order chi connectivity index (χ1) is 6.14. The number of carbonyl (C=O) groups is 1. The van der Waals surface area contributed by atoms with Gasteiger partial charge in [0.25, 0.3) is 0 Å². The van der Waals surface area contributed by atoms with Crippen LogP contribution in [-0.2, 0) is 14.1 Å². The van der Waals surface area contributed by atoms with Crippen molar-refractivity contribution in [3.05, 3.63) is 0 Å². The molecule has 0 aliphatic heterocycles. The number of hydrogen-bond acceptors (Lipinski definition) is 5. The number of carbonyl (C=O) groups excluding carboxylic acids is 1. The highest BCUT2D eigenvalue weighted by molar-refractivity contribution is 8.43. The van der Waals surface area contributed by atoms with Crippen LogP contribution in [0.3, 0.4) is 0 Å². The Morgan fingerprint density at radius 2 is 2.31 bits per heavy atom. The highest BCUT2D eigenvalue weighted by Gasteiger charge is 2.52. The number of hydrogen-bond donors (Lipinski definition) is 2. The summed E-state index contributed by atoms with van der Waals surface area (Å²) in [6.07, 6.45) is 1.62. The second-order valence-electron chi connectivity index (χ2n) is 2.88. The minimum Gasteiger partial charge on any atom is -0.468 e. The smallest absolute Gasteiger partial charge is 0.326 e. The minimum atomic E-state index is -1.00. The molecule has 0 aromatic carbocycles. The van der Waals surface area contributed by atoms with E-state index in [0.29, 0.717) is 6.61 Å². The highest BCUT2D eigenvalue weighted by Crippen LogP contribution is 2.47. The highest BCUT2D eigenvalue weighted by atomic mass is 32.7. The molecule has 1 unspecified atom stereocenters. The van der Waals surface area contributed by atoms with Gasteiger partial charge in [-0.15, -0.1) is 12.2 Å². The maximum Gasteiger partial charge on any atom is 0.326 e. The Morgan fingerprint density at radius 1 is 1.69 bits per heavy atom. The van der Waals surface area contributed by atoms with Crippen molar-refractivity contribution in [2.75, 3.05) is 13.7 Å². The summed E-state index contributed by atoms with van der Waals surface area (Å²) in [4.78, 5) is 11.3. The maximum atomic E-state index is 11.3. The second kappa shape index (κ2) is 4.60. The lowest BCUT2D eigenvalue weighted by molar-refractivity contribution is -0.143. The van der Waals surface area contributed by atoms with E-state index in [2.05, 4.69) is 22.1 Å². The van der Waals surface area contributed by atoms with Gasteiger partial charge in [0, 0.05) is 0 Å². The number of ether oxygens (including phenoxy) is 1. The first-order valence-corrected chi connectivity index (χ1v) is 6.54. The van der Waals surface area contributed by atoms with Crippen LogP contribution < -0.4 is 5.09 Å². The van der Waals surface area contributed by atoms with E-state index in [0.717, 1.165) is 12.8 Å². The fourth-order valence-corrected chi connectivity index (χ4v) is 2.93. The lowest BCUT2D eigenvalue weighted by Gasteiger charge is -2.18. The molecule has 1 aliphatic rings. The predicted molar refractivity (Wildman–Crippen MR) is 54.6 cm³/mol. The normalized spacial score (nSPS) is 20.8. The third-order valence-electron chi connectivity index (χ3n) is 1.89. The van der Waals surface area contributed by atoms with Crippen LogP contribution in [0, 0.1) is 0 Å². The second-order valence-corrected chi connectivity index (χ2v) is 4.99. The van der Waals surface area contributed by atoms with E-state index in [1.54, 1.807) is 0 Å². The van der Waals surface area contributed by atoms with Crippen LogP contribution in [-0.4, -0.2) is 25.2 Å². The summed E-state index contributed by atoms with van der Waals surface area (Å²) in [6, 6.07) is 0. The van der Waals surface area contributed by atoms with Gasteiger partial charge >= 0.3 is 5.97 Å². The molecule has 0 saturated heterocycles. The molecule has 1 saturated carbocycles. The number of nitrogens with one attached hydrogen (secondary N) is 1. The first-order valence-electron chi connectivity index (χ1n) is 4.13. The minimum absolute atomic E-state index is 0.214. The molecule has 6 heteroatoms. The predicted octanol–water partition coefficient (Wildman–Crippen LogP) is 1.47. The fraction of sp³-hybridized carbons (Fsp3) is 0.857. The van der Waals surface area contributed by atoms with E-state index in [1.165, 1.54) is 7.11 Å². The Hall–Kier alpha value is 0.170. The molecule has 0 aromatic rings. The summed E-state index contributed by atoms with van der Waals surface area (Å²) in [5.74, 6) is -0.214. The lowest BCUT2D eigenvalue weighted by atomic mass is 10.3. The van der Waals surface area contributed by atoms with E-state index in [1.807, 2.05) is 6.92 Å². The molecule has 1 fully saturated rings. The van der Waals surface area contributed by atoms with Crippen LogP contribution >= 0.6 is 19.7 Å². The van der Waals surface area contributed by atoms with Crippen molar-refractivity contribution in [1.82, 2.24) is 5.09 Å². The molecule has 76 valence electrons. The van der Waals surface area contributed by atoms with Crippen LogP contribution in [0.1, 0.15) is 19.8 Å². The van der Waals surface area contributed by atoms with Gasteiger partial charge in [-0.25, -0.2) is 5.09 Å². The van der Waals surface area contributed by atoms with Crippen LogP contribution in [0.25, 0.3) is 0 Å². The van der Waals surface area contributed by atoms with Gasteiger partial charge in [-0.2, -0.15) is 0 Å². The summed E-state index contributed by atoms with van der Waals surface area (Å²) in [6.45, 7) is 2.49. The zero-order valence-corrected chi connectivity index (χ0v) is 9.53. The van der Waals surface area contributed by atoms with Crippen LogP contribution in [0.15, 0.2) is 0 Å². The third-order valence-corrected chi connectivity index (χ3v) is 3.66. The Kier molecular flexibility index (Phi) is 3.98. The van der Waals surface area contributed by atoms with E-state index < -0.39 is 13.0 Å². The summed E-state index contributed by atoms with van der Waals surface area (Å²) in [7, 11) is 0.394. The number of methoxy groups -OCH3 is 1. The van der Waals surface area contributed by atoms with Gasteiger partial charge < -0.3 is 9.26 Å². The molecule has 0 bridgehead atoms. The first kappa shape index (κ1) is 11.2. The summed E-state index contributed by atoms with van der Waals surface area (Å²) in [5, 5.41) is 3.05. The van der Waals surface area contributed by atoms with Gasteiger partial charge in [0.05, 0.1) is 13.7 Å². The summed E-state index contributed by atoms with van der Waals surface area (Å²) in [5.41, 5.74) is -0.503. The molecule has 1 N–H and O–H groups in total. The molecule has 0 heterocycles. The summed E-state index contributed by atoms with van der Waals surface area (Å²) < 4.78 is 9.90. The monoisotopic (exact) mass is 223 g/mol. The number of thiol groups is 1. The number of rotatable bonds is 5. The molecule has 0 spiro atoms. The van der Waals surface area contributed by atoms with E-state index >= 15 is 0 Å². The van der Waals surface area contributed by atoms with Crippen molar-refractivity contribution in [2.24, 2.45) is 0 Å². The van der Waals surface area contributed by atoms with E-state index in [9.17, 15) is 4.79 Å². The molecule has 0 amide bonds. The molecule has 0 aromatic heterocycles. The molecule has 4 nitrogen and oxygen atoms in total. The average Bonchev–Trinajstić information content (AvgIpc) is 2.85. The van der Waals surface area contributed by atoms with Gasteiger partial charge in [-0.3, -0.25) is 4.79 Å². The fourth-order valence-electron chi connectivity index (χ4n) is 1.02. The Morgan fingerprint density at radius 3 is 2.69 bits per heavy atom. The van der Waals surface area contributed by atoms with E-state index in [4.69, 9.17) is 4.52 Å². The number of esters is 1. The quantitative estimate of drug-likeness (QED) is 0.421. The standard InChI is InChI=1S/C7H14NO3PS/c1-3-11-12(13)8-7(4-5-7)6(9)10-2/h8,13H,3-5H2,1-2H3. The van der Waals surface area contributed by atoms with Crippen LogP contribution in [0.2, 0.25) is 0 Å². The summed E-state index contributed by atoms with van der Waals surface area (Å²) >= 11 is 4.20. The largest absolute Gasteiger partial charge is 0.468 e. The topological polar surface area (TPSA) is 47.6 Å². The van der Waals surface area contributed by atoms with Gasteiger partial charge in [-0.1, -0.05) is 0 Å². The molecule has 1 atom stereocenters. The van der Waals surface area contributed by atoms with Gasteiger partial charge in [-0.05, 0) is 19.8 Å². The molecule has 13 heavy (non-hydrogen) atoms. The maximum absolute atomic E-state index is 11.3. The Bertz CT molecular complexity index is 198.